The number of aromatic nitrogens is 2. The smallest absolute Gasteiger partial charge is 0.228 e. The maximum Gasteiger partial charge on any atom is 0.228 e. The minimum Gasteiger partial charge on any atom is -0.478 e. The van der Waals surface area contributed by atoms with Gasteiger partial charge in [-0.25, -0.2) is 4.98 Å². The summed E-state index contributed by atoms with van der Waals surface area (Å²) in [5.74, 6) is 1.33. The fourth-order valence-corrected chi connectivity index (χ4v) is 1.39. The third-order valence-electron chi connectivity index (χ3n) is 2.21. The SMILES string of the molecule is CCOc1ccnc(N(CC)CCCN)n1. The van der Waals surface area contributed by atoms with Crippen molar-refractivity contribution in [1.29, 1.82) is 0 Å². The Bertz CT molecular complexity index is 306. The molecule has 1 heterocycles. The molecule has 0 aliphatic carbocycles. The number of hydrogen-bond donors (Lipinski definition) is 1. The first-order valence-electron chi connectivity index (χ1n) is 5.72. The van der Waals surface area contributed by atoms with Crippen molar-refractivity contribution in [3.63, 3.8) is 0 Å². The van der Waals surface area contributed by atoms with Gasteiger partial charge in [-0.15, -0.1) is 0 Å². The summed E-state index contributed by atoms with van der Waals surface area (Å²) >= 11 is 0. The molecule has 1 rings (SSSR count). The predicted octanol–water partition coefficient (Wildman–Crippen LogP) is 1.05. The van der Waals surface area contributed by atoms with Gasteiger partial charge in [0.05, 0.1) is 6.61 Å². The predicted molar refractivity (Wildman–Crippen MR) is 64.8 cm³/mol. The van der Waals surface area contributed by atoms with Crippen molar-refractivity contribution in [2.45, 2.75) is 20.3 Å². The third-order valence-corrected chi connectivity index (χ3v) is 2.21. The van der Waals surface area contributed by atoms with Crippen LogP contribution in [0.3, 0.4) is 0 Å². The lowest BCUT2D eigenvalue weighted by atomic mass is 10.4. The Morgan fingerprint density at radius 3 is 2.88 bits per heavy atom. The number of ether oxygens (including phenoxy) is 1. The Hall–Kier alpha value is -1.36. The van der Waals surface area contributed by atoms with Crippen LogP contribution >= 0.6 is 0 Å². The highest BCUT2D eigenvalue weighted by Gasteiger charge is 2.07. The van der Waals surface area contributed by atoms with E-state index in [2.05, 4.69) is 21.8 Å². The van der Waals surface area contributed by atoms with Crippen molar-refractivity contribution in [1.82, 2.24) is 9.97 Å². The van der Waals surface area contributed by atoms with Crippen LogP contribution in [-0.4, -0.2) is 36.2 Å². The molecular weight excluding hydrogens is 204 g/mol. The second-order valence-corrected chi connectivity index (χ2v) is 3.35. The molecule has 0 atom stereocenters. The van der Waals surface area contributed by atoms with Gasteiger partial charge in [0.2, 0.25) is 11.8 Å². The molecule has 0 amide bonds. The van der Waals surface area contributed by atoms with Crippen LogP contribution in [0.5, 0.6) is 5.88 Å². The first-order chi connectivity index (χ1) is 7.81. The van der Waals surface area contributed by atoms with Crippen molar-refractivity contribution >= 4 is 5.95 Å². The standard InChI is InChI=1S/C11H20N4O/c1-3-15(9-5-7-12)11-13-8-6-10(14-11)16-4-2/h6,8H,3-5,7,9,12H2,1-2H3. The maximum absolute atomic E-state index is 5.50. The van der Waals surface area contributed by atoms with Crippen LogP contribution in [0.4, 0.5) is 5.95 Å². The summed E-state index contributed by atoms with van der Waals surface area (Å²) in [6, 6.07) is 1.77. The topological polar surface area (TPSA) is 64.3 Å². The minimum absolute atomic E-state index is 0.616. The molecule has 0 saturated heterocycles. The van der Waals surface area contributed by atoms with Gasteiger partial charge < -0.3 is 15.4 Å². The second-order valence-electron chi connectivity index (χ2n) is 3.35. The number of nitrogens with two attached hydrogens (primary N) is 1. The van der Waals surface area contributed by atoms with Gasteiger partial charge in [-0.3, -0.25) is 0 Å². The number of anilines is 1. The van der Waals surface area contributed by atoms with Gasteiger partial charge >= 0.3 is 0 Å². The third kappa shape index (κ3) is 3.66. The quantitative estimate of drug-likeness (QED) is 0.750. The van der Waals surface area contributed by atoms with E-state index in [9.17, 15) is 0 Å². The molecule has 16 heavy (non-hydrogen) atoms. The van der Waals surface area contributed by atoms with Crippen molar-refractivity contribution in [3.8, 4) is 5.88 Å². The lowest BCUT2D eigenvalue weighted by Crippen LogP contribution is -2.27. The summed E-state index contributed by atoms with van der Waals surface area (Å²) in [4.78, 5) is 10.7. The molecule has 0 saturated carbocycles. The van der Waals surface area contributed by atoms with Gasteiger partial charge in [0.15, 0.2) is 0 Å². The van der Waals surface area contributed by atoms with Crippen molar-refractivity contribution in [3.05, 3.63) is 12.3 Å². The van der Waals surface area contributed by atoms with E-state index in [1.54, 1.807) is 12.3 Å². The van der Waals surface area contributed by atoms with Crippen molar-refractivity contribution < 1.29 is 4.74 Å². The van der Waals surface area contributed by atoms with E-state index in [0.717, 1.165) is 19.5 Å². The van der Waals surface area contributed by atoms with Gasteiger partial charge in [-0.1, -0.05) is 0 Å². The second kappa shape index (κ2) is 7.00. The normalized spacial score (nSPS) is 10.2. The van der Waals surface area contributed by atoms with Gasteiger partial charge in [0.1, 0.15) is 0 Å². The number of rotatable bonds is 7. The zero-order chi connectivity index (χ0) is 11.8. The highest BCUT2D eigenvalue weighted by Crippen LogP contribution is 2.12. The van der Waals surface area contributed by atoms with Gasteiger partial charge in [0.25, 0.3) is 0 Å². The average molecular weight is 224 g/mol. The van der Waals surface area contributed by atoms with Gasteiger partial charge in [-0.05, 0) is 26.8 Å². The molecule has 0 aliphatic rings. The molecule has 90 valence electrons. The van der Waals surface area contributed by atoms with E-state index in [1.165, 1.54) is 0 Å². The number of hydrogen-bond acceptors (Lipinski definition) is 5. The first-order valence-corrected chi connectivity index (χ1v) is 5.72. The zero-order valence-electron chi connectivity index (χ0n) is 10.0. The highest BCUT2D eigenvalue weighted by molar-refractivity contribution is 5.31. The summed E-state index contributed by atoms with van der Waals surface area (Å²) in [7, 11) is 0. The molecule has 0 spiro atoms. The van der Waals surface area contributed by atoms with Crippen molar-refractivity contribution in [2.75, 3.05) is 31.1 Å². The van der Waals surface area contributed by atoms with Gasteiger partial charge in [0, 0.05) is 25.4 Å². The number of nitrogens with zero attached hydrogens (tertiary/aromatic N) is 3. The van der Waals surface area contributed by atoms with Crippen LogP contribution in [0.25, 0.3) is 0 Å². The van der Waals surface area contributed by atoms with E-state index in [0.29, 0.717) is 25.0 Å². The van der Waals surface area contributed by atoms with E-state index < -0.39 is 0 Å². The van der Waals surface area contributed by atoms with E-state index >= 15 is 0 Å². The minimum atomic E-state index is 0.616. The van der Waals surface area contributed by atoms with Crippen LogP contribution in [0, 0.1) is 0 Å². The lowest BCUT2D eigenvalue weighted by molar-refractivity contribution is 0.326. The maximum atomic E-state index is 5.50. The van der Waals surface area contributed by atoms with Crippen LogP contribution in [0.2, 0.25) is 0 Å². The molecule has 0 aliphatic heterocycles. The molecule has 0 bridgehead atoms. The molecule has 1 aromatic rings. The fourth-order valence-electron chi connectivity index (χ4n) is 1.39. The van der Waals surface area contributed by atoms with Crippen LogP contribution < -0.4 is 15.4 Å². The Morgan fingerprint density at radius 2 is 2.25 bits per heavy atom. The molecule has 5 nitrogen and oxygen atoms in total. The fraction of sp³-hybridized carbons (Fsp3) is 0.636. The van der Waals surface area contributed by atoms with E-state index in [1.807, 2.05) is 6.92 Å². The van der Waals surface area contributed by atoms with E-state index in [-0.39, 0.29) is 0 Å². The summed E-state index contributed by atoms with van der Waals surface area (Å²) in [5, 5.41) is 0. The van der Waals surface area contributed by atoms with E-state index in [4.69, 9.17) is 10.5 Å². The van der Waals surface area contributed by atoms with Crippen LogP contribution in [0.1, 0.15) is 20.3 Å². The zero-order valence-corrected chi connectivity index (χ0v) is 10.0. The summed E-state index contributed by atoms with van der Waals surface area (Å²) < 4.78 is 5.34. The Labute approximate surface area is 96.6 Å². The molecular formula is C11H20N4O. The Kier molecular flexibility index (Phi) is 5.56. The molecule has 1 aromatic heterocycles. The summed E-state index contributed by atoms with van der Waals surface area (Å²) in [6.45, 7) is 7.06. The van der Waals surface area contributed by atoms with Crippen molar-refractivity contribution in [2.24, 2.45) is 5.73 Å². The first kappa shape index (κ1) is 12.7. The molecule has 0 fully saturated rings. The van der Waals surface area contributed by atoms with Crippen LogP contribution in [-0.2, 0) is 0 Å². The summed E-state index contributed by atoms with van der Waals surface area (Å²) in [6.07, 6.45) is 2.66. The molecule has 0 unspecified atom stereocenters. The molecule has 0 aromatic carbocycles. The summed E-state index contributed by atoms with van der Waals surface area (Å²) in [5.41, 5.74) is 5.50. The Balaban J connectivity index is 2.71. The van der Waals surface area contributed by atoms with Crippen LogP contribution in [0.15, 0.2) is 12.3 Å². The molecule has 2 N–H and O–H groups in total. The molecule has 0 radical (unpaired) electrons. The monoisotopic (exact) mass is 224 g/mol. The largest absolute Gasteiger partial charge is 0.478 e. The molecule has 5 heteroatoms. The lowest BCUT2D eigenvalue weighted by Gasteiger charge is -2.20. The Morgan fingerprint density at radius 1 is 1.44 bits per heavy atom. The highest BCUT2D eigenvalue weighted by atomic mass is 16.5. The average Bonchev–Trinajstić information content (AvgIpc) is 2.31. The van der Waals surface area contributed by atoms with Gasteiger partial charge in [-0.2, -0.15) is 4.98 Å².